The number of carbonyl (C=O) groups excluding carboxylic acids is 1. The highest BCUT2D eigenvalue weighted by Crippen LogP contribution is 2.27. The Morgan fingerprint density at radius 2 is 1.91 bits per heavy atom. The molecule has 1 saturated carbocycles. The van der Waals surface area contributed by atoms with Crippen molar-refractivity contribution in [2.45, 2.75) is 51.1 Å². The summed E-state index contributed by atoms with van der Waals surface area (Å²) in [7, 11) is 0. The predicted octanol–water partition coefficient (Wildman–Crippen LogP) is 2.48. The smallest absolute Gasteiger partial charge is 0.225 e. The number of carbonyl (C=O) groups is 1. The number of hydrogen-bond donors (Lipinski definition) is 1. The third-order valence-corrected chi connectivity index (χ3v) is 4.99. The quantitative estimate of drug-likeness (QED) is 0.897. The lowest BCUT2D eigenvalue weighted by Gasteiger charge is -2.36. The van der Waals surface area contributed by atoms with Crippen molar-refractivity contribution in [3.05, 3.63) is 18.5 Å². The van der Waals surface area contributed by atoms with Crippen LogP contribution >= 0.6 is 24.8 Å². The Kier molecular flexibility index (Phi) is 8.37. The summed E-state index contributed by atoms with van der Waals surface area (Å²) >= 11 is 0. The van der Waals surface area contributed by atoms with E-state index in [4.69, 9.17) is 5.73 Å². The minimum atomic E-state index is 0. The molecule has 0 bridgehead atoms. The van der Waals surface area contributed by atoms with E-state index in [0.717, 1.165) is 58.2 Å². The molecule has 2 N–H and O–H groups in total. The summed E-state index contributed by atoms with van der Waals surface area (Å²) in [6.45, 7) is 2.77. The maximum atomic E-state index is 12.6. The van der Waals surface area contributed by atoms with Gasteiger partial charge in [-0.05, 0) is 44.1 Å². The van der Waals surface area contributed by atoms with Gasteiger partial charge in [0.05, 0.1) is 0 Å². The zero-order valence-corrected chi connectivity index (χ0v) is 15.1. The highest BCUT2D eigenvalue weighted by Gasteiger charge is 2.31. The van der Waals surface area contributed by atoms with Gasteiger partial charge in [0.2, 0.25) is 5.91 Å². The molecule has 0 radical (unpaired) electrons. The van der Waals surface area contributed by atoms with Crippen LogP contribution in [-0.4, -0.2) is 39.7 Å². The van der Waals surface area contributed by atoms with Crippen molar-refractivity contribution in [3.63, 3.8) is 0 Å². The highest BCUT2D eigenvalue weighted by molar-refractivity contribution is 5.85. The largest absolute Gasteiger partial charge is 0.342 e. The lowest BCUT2D eigenvalue weighted by Crippen LogP contribution is -2.44. The number of piperidine rings is 1. The van der Waals surface area contributed by atoms with Crippen molar-refractivity contribution in [2.75, 3.05) is 13.1 Å². The Balaban J connectivity index is 0.00000132. The molecule has 3 rings (SSSR count). The lowest BCUT2D eigenvalue weighted by molar-refractivity contribution is -0.138. The normalized spacial score (nSPS) is 25.3. The van der Waals surface area contributed by atoms with Gasteiger partial charge >= 0.3 is 0 Å². The SMILES string of the molecule is Cl.Cl.NC1CCCC(C(=O)N2CCC(Cn3cccn3)CC2)C1. The van der Waals surface area contributed by atoms with Crippen molar-refractivity contribution in [3.8, 4) is 0 Å². The monoisotopic (exact) mass is 362 g/mol. The van der Waals surface area contributed by atoms with Crippen LogP contribution in [0.15, 0.2) is 18.5 Å². The molecule has 2 heterocycles. The van der Waals surface area contributed by atoms with Crippen LogP contribution in [0.1, 0.15) is 38.5 Å². The van der Waals surface area contributed by atoms with Crippen molar-refractivity contribution >= 4 is 30.7 Å². The molecule has 5 nitrogen and oxygen atoms in total. The first-order valence-electron chi connectivity index (χ1n) is 8.24. The summed E-state index contributed by atoms with van der Waals surface area (Å²) in [5, 5.41) is 4.27. The molecule has 2 fully saturated rings. The van der Waals surface area contributed by atoms with Gasteiger partial charge in [-0.1, -0.05) is 6.42 Å². The molecule has 1 aromatic rings. The number of halogens is 2. The van der Waals surface area contributed by atoms with Crippen LogP contribution in [0.2, 0.25) is 0 Å². The van der Waals surface area contributed by atoms with E-state index in [0.29, 0.717) is 11.8 Å². The van der Waals surface area contributed by atoms with Gasteiger partial charge in [0.25, 0.3) is 0 Å². The average Bonchev–Trinajstić information content (AvgIpc) is 3.00. The Bertz CT molecular complexity index is 461. The van der Waals surface area contributed by atoms with Gasteiger partial charge in [0, 0.05) is 44.0 Å². The second kappa shape index (κ2) is 9.50. The molecule has 1 aliphatic carbocycles. The number of nitrogens with two attached hydrogens (primary N) is 1. The Hall–Kier alpha value is -0.780. The first kappa shape index (κ1) is 20.3. The fourth-order valence-electron chi connectivity index (χ4n) is 3.72. The molecule has 1 aromatic heterocycles. The first-order valence-corrected chi connectivity index (χ1v) is 8.24. The average molecular weight is 363 g/mol. The zero-order chi connectivity index (χ0) is 14.7. The number of rotatable bonds is 3. The van der Waals surface area contributed by atoms with Gasteiger partial charge in [-0.3, -0.25) is 9.48 Å². The van der Waals surface area contributed by atoms with Gasteiger partial charge < -0.3 is 10.6 Å². The van der Waals surface area contributed by atoms with Crippen molar-refractivity contribution in [1.29, 1.82) is 0 Å². The number of amides is 1. The van der Waals surface area contributed by atoms with Gasteiger partial charge in [0.15, 0.2) is 0 Å². The molecule has 0 aromatic carbocycles. The van der Waals surface area contributed by atoms with Gasteiger partial charge in [0.1, 0.15) is 0 Å². The maximum absolute atomic E-state index is 12.6. The topological polar surface area (TPSA) is 64.2 Å². The summed E-state index contributed by atoms with van der Waals surface area (Å²) in [4.78, 5) is 14.6. The molecule has 23 heavy (non-hydrogen) atoms. The second-order valence-corrected chi connectivity index (χ2v) is 6.62. The van der Waals surface area contributed by atoms with Gasteiger partial charge in [-0.2, -0.15) is 5.10 Å². The van der Waals surface area contributed by atoms with Crippen molar-refractivity contribution in [1.82, 2.24) is 14.7 Å². The van der Waals surface area contributed by atoms with Crippen LogP contribution in [0.5, 0.6) is 0 Å². The molecule has 2 unspecified atom stereocenters. The Labute approximate surface area is 150 Å². The second-order valence-electron chi connectivity index (χ2n) is 6.62. The molecule has 1 amide bonds. The van der Waals surface area contributed by atoms with Crippen LogP contribution in [-0.2, 0) is 11.3 Å². The Morgan fingerprint density at radius 1 is 1.17 bits per heavy atom. The van der Waals surface area contributed by atoms with E-state index in [1.165, 1.54) is 0 Å². The molecule has 7 heteroatoms. The van der Waals surface area contributed by atoms with Crippen LogP contribution in [0.3, 0.4) is 0 Å². The molecule has 1 aliphatic heterocycles. The number of likely N-dealkylation sites (tertiary alicyclic amines) is 1. The zero-order valence-electron chi connectivity index (χ0n) is 13.5. The van der Waals surface area contributed by atoms with Crippen molar-refractivity contribution < 1.29 is 4.79 Å². The third-order valence-electron chi connectivity index (χ3n) is 4.99. The van der Waals surface area contributed by atoms with E-state index in [-0.39, 0.29) is 36.8 Å². The molecule has 2 aliphatic rings. The summed E-state index contributed by atoms with van der Waals surface area (Å²) in [6.07, 6.45) is 10.1. The standard InChI is InChI=1S/C16H26N4O.2ClH/c17-15-4-1-3-14(11-15)16(21)19-9-5-13(6-10-19)12-20-8-2-7-18-20;;/h2,7-8,13-15H,1,3-6,9-12,17H2;2*1H. The molecular weight excluding hydrogens is 335 g/mol. The number of aromatic nitrogens is 2. The van der Waals surface area contributed by atoms with Gasteiger partial charge in [-0.25, -0.2) is 0 Å². The summed E-state index contributed by atoms with van der Waals surface area (Å²) in [5.74, 6) is 1.17. The van der Waals surface area contributed by atoms with E-state index >= 15 is 0 Å². The van der Waals surface area contributed by atoms with Gasteiger partial charge in [-0.15, -0.1) is 24.8 Å². The molecule has 1 saturated heterocycles. The minimum Gasteiger partial charge on any atom is -0.342 e. The summed E-state index contributed by atoms with van der Waals surface area (Å²) in [6, 6.07) is 2.19. The summed E-state index contributed by atoms with van der Waals surface area (Å²) < 4.78 is 2.00. The molecular formula is C16H28Cl2N4O. The highest BCUT2D eigenvalue weighted by atomic mass is 35.5. The van der Waals surface area contributed by atoms with E-state index in [1.54, 1.807) is 0 Å². The number of nitrogens with zero attached hydrogens (tertiary/aromatic N) is 3. The van der Waals surface area contributed by atoms with E-state index < -0.39 is 0 Å². The van der Waals surface area contributed by atoms with Crippen LogP contribution in [0, 0.1) is 11.8 Å². The molecule has 0 spiro atoms. The fourth-order valence-corrected chi connectivity index (χ4v) is 3.72. The van der Waals surface area contributed by atoms with Crippen molar-refractivity contribution in [2.24, 2.45) is 17.6 Å². The van der Waals surface area contributed by atoms with Crippen LogP contribution in [0.4, 0.5) is 0 Å². The summed E-state index contributed by atoms with van der Waals surface area (Å²) in [5.41, 5.74) is 6.01. The van der Waals surface area contributed by atoms with E-state index in [1.807, 2.05) is 23.1 Å². The predicted molar refractivity (Wildman–Crippen MR) is 96.0 cm³/mol. The van der Waals surface area contributed by atoms with E-state index in [2.05, 4.69) is 10.00 Å². The molecule has 132 valence electrons. The molecule has 2 atom stereocenters. The minimum absolute atomic E-state index is 0. The first-order chi connectivity index (χ1) is 10.2. The third kappa shape index (κ3) is 5.37. The van der Waals surface area contributed by atoms with Crippen LogP contribution in [0.25, 0.3) is 0 Å². The maximum Gasteiger partial charge on any atom is 0.225 e. The van der Waals surface area contributed by atoms with E-state index in [9.17, 15) is 4.79 Å². The fraction of sp³-hybridized carbons (Fsp3) is 0.750. The Morgan fingerprint density at radius 3 is 2.52 bits per heavy atom. The lowest BCUT2D eigenvalue weighted by atomic mass is 9.84. The van der Waals surface area contributed by atoms with Crippen LogP contribution < -0.4 is 5.73 Å². The number of hydrogen-bond acceptors (Lipinski definition) is 3.